The molecular weight excluding hydrogens is 680 g/mol. The van der Waals surface area contributed by atoms with Gasteiger partial charge in [-0.25, -0.2) is 8.37 Å². The lowest BCUT2D eigenvalue weighted by Gasteiger charge is -2.62. The summed E-state index contributed by atoms with van der Waals surface area (Å²) >= 11 is 0. The number of carbonyl (C=O) groups excluding carboxylic acids is 1. The van der Waals surface area contributed by atoms with Gasteiger partial charge in [-0.2, -0.15) is 16.8 Å². The fourth-order valence-electron chi connectivity index (χ4n) is 9.82. The number of fused-ring (bicyclic) bond motifs is 3. The first-order valence-electron chi connectivity index (χ1n) is 16.2. The highest BCUT2D eigenvalue weighted by molar-refractivity contribution is 7.81. The van der Waals surface area contributed by atoms with E-state index >= 15 is 0 Å². The van der Waals surface area contributed by atoms with Gasteiger partial charge in [-0.15, -0.1) is 0 Å². The molecule has 0 unspecified atom stereocenters. The van der Waals surface area contributed by atoms with Crippen molar-refractivity contribution in [1.29, 1.82) is 0 Å². The summed E-state index contributed by atoms with van der Waals surface area (Å²) in [4.78, 5) is 25.7. The van der Waals surface area contributed by atoms with Crippen molar-refractivity contribution in [2.75, 3.05) is 6.61 Å². The molecule has 18 heteroatoms. The fourth-order valence-corrected chi connectivity index (χ4v) is 10.8. The Hall–Kier alpha value is -1.74. The van der Waals surface area contributed by atoms with Gasteiger partial charge in [0.05, 0.1) is 24.7 Å². The van der Waals surface area contributed by atoms with E-state index in [-0.39, 0.29) is 42.9 Å². The number of hydrogen-bond donors (Lipinski definition) is 5. The minimum absolute atomic E-state index is 0.0156. The number of aliphatic carboxylic acids is 1. The van der Waals surface area contributed by atoms with E-state index in [1.807, 2.05) is 6.92 Å². The van der Waals surface area contributed by atoms with Crippen LogP contribution in [0.2, 0.25) is 0 Å². The highest BCUT2D eigenvalue weighted by atomic mass is 32.3. The van der Waals surface area contributed by atoms with E-state index in [0.29, 0.717) is 12.8 Å². The van der Waals surface area contributed by atoms with Gasteiger partial charge in [0.1, 0.15) is 12.2 Å². The van der Waals surface area contributed by atoms with Crippen LogP contribution in [0, 0.1) is 40.4 Å². The number of rotatable bonds is 11. The minimum Gasteiger partial charge on any atom is -0.481 e. The first kappa shape index (κ1) is 37.5. The summed E-state index contributed by atoms with van der Waals surface area (Å²) in [5.41, 5.74) is -0.319. The first-order valence-corrected chi connectivity index (χ1v) is 18.9. The van der Waals surface area contributed by atoms with Gasteiger partial charge in [-0.1, -0.05) is 27.4 Å². The molecule has 2 bridgehead atoms. The number of aliphatic hydroxyl groups is 2. The Morgan fingerprint density at radius 1 is 1.02 bits per heavy atom. The Morgan fingerprint density at radius 3 is 2.25 bits per heavy atom. The molecule has 4 saturated carbocycles. The van der Waals surface area contributed by atoms with Crippen LogP contribution in [0.4, 0.5) is 0 Å². The molecule has 0 aromatic carbocycles. The molecule has 274 valence electrons. The van der Waals surface area contributed by atoms with E-state index in [2.05, 4.69) is 10.8 Å². The van der Waals surface area contributed by atoms with Crippen LogP contribution in [0.25, 0.3) is 0 Å². The Kier molecular flexibility index (Phi) is 10.5. The fraction of sp³-hybridized carbons (Fsp3) is 0.867. The second-order valence-corrected chi connectivity index (χ2v) is 16.9. The number of esters is 1. The standard InChI is InChI=1S/C30H46O16S2/c1-14(2)9-22(32)44-25-24(46-48(39,40)41)23(45-47(36,37)38)20(13-31)43-28(25)42-17-10-18(27(34)35)19-7-8-30-11-16(15(3)26(30)33)5-6-21(30)29(19,4)12-17/h14,16-21,23-26,28,31,33H,3,5-13H2,1-2,4H3,(H,34,35)(H,36,37,38)(H,39,40,41)/t16-,17-,18-,19+,20-,21-,23-,24+,25-,26+,28-,29+,30+/m0/s1. The predicted octanol–water partition coefficient (Wildman–Crippen LogP) is 1.67. The second kappa shape index (κ2) is 13.4. The molecule has 0 amide bonds. The number of hydrogen-bond acceptors (Lipinski definition) is 13. The summed E-state index contributed by atoms with van der Waals surface area (Å²) in [7, 11) is -10.8. The maximum Gasteiger partial charge on any atom is 0.397 e. The van der Waals surface area contributed by atoms with Crippen LogP contribution in [-0.4, -0.2) is 103 Å². The minimum atomic E-state index is -5.42. The zero-order valence-corrected chi connectivity index (χ0v) is 28.7. The molecule has 1 heterocycles. The molecule has 5 rings (SSSR count). The summed E-state index contributed by atoms with van der Waals surface area (Å²) < 4.78 is 93.5. The highest BCUT2D eigenvalue weighted by Crippen LogP contribution is 2.70. The predicted molar refractivity (Wildman–Crippen MR) is 162 cm³/mol. The summed E-state index contributed by atoms with van der Waals surface area (Å²) in [6.07, 6.45) is -7.93. The number of carboxylic acid groups (broad SMARTS) is 1. The molecule has 5 N–H and O–H groups in total. The van der Waals surface area contributed by atoms with Crippen LogP contribution < -0.4 is 0 Å². The van der Waals surface area contributed by atoms with Crippen molar-refractivity contribution >= 4 is 32.7 Å². The lowest BCUT2D eigenvalue weighted by atomic mass is 9.43. The van der Waals surface area contributed by atoms with Crippen LogP contribution in [0.15, 0.2) is 12.2 Å². The smallest absolute Gasteiger partial charge is 0.397 e. The third kappa shape index (κ3) is 7.20. The average Bonchev–Trinajstić information content (AvgIpc) is 3.12. The number of aliphatic hydroxyl groups excluding tert-OH is 2. The highest BCUT2D eigenvalue weighted by Gasteiger charge is 2.67. The Labute approximate surface area is 280 Å². The van der Waals surface area contributed by atoms with Crippen LogP contribution in [0.1, 0.15) is 72.1 Å². The lowest BCUT2D eigenvalue weighted by molar-refractivity contribution is -0.316. The van der Waals surface area contributed by atoms with Gasteiger partial charge in [0.15, 0.2) is 18.5 Å². The third-order valence-corrected chi connectivity index (χ3v) is 12.4. The summed E-state index contributed by atoms with van der Waals surface area (Å²) in [6.45, 7) is 8.52. The van der Waals surface area contributed by atoms with Gasteiger partial charge < -0.3 is 29.5 Å². The quantitative estimate of drug-likeness (QED) is 0.0879. The summed E-state index contributed by atoms with van der Waals surface area (Å²) in [6, 6.07) is 0. The van der Waals surface area contributed by atoms with Crippen molar-refractivity contribution in [1.82, 2.24) is 0 Å². The van der Waals surface area contributed by atoms with E-state index in [4.69, 9.17) is 18.4 Å². The van der Waals surface area contributed by atoms with Gasteiger partial charge in [0, 0.05) is 11.8 Å². The number of carboxylic acids is 1. The number of ether oxygens (including phenoxy) is 3. The molecule has 16 nitrogen and oxygen atoms in total. The molecule has 1 spiro atoms. The molecule has 0 radical (unpaired) electrons. The Morgan fingerprint density at radius 2 is 1.67 bits per heavy atom. The molecule has 4 aliphatic carbocycles. The third-order valence-electron chi connectivity index (χ3n) is 11.5. The number of carbonyl (C=O) groups is 2. The first-order chi connectivity index (χ1) is 22.2. The molecular formula is C30H46O16S2. The maximum atomic E-state index is 12.9. The van der Waals surface area contributed by atoms with Crippen molar-refractivity contribution < 1.29 is 73.4 Å². The molecule has 13 atom stereocenters. The van der Waals surface area contributed by atoms with Crippen molar-refractivity contribution in [2.24, 2.45) is 40.4 Å². The lowest BCUT2D eigenvalue weighted by Crippen LogP contribution is -2.64. The van der Waals surface area contributed by atoms with Crippen LogP contribution >= 0.6 is 0 Å². The topological polar surface area (TPSA) is 250 Å². The second-order valence-electron chi connectivity index (χ2n) is 14.8. The molecule has 5 aliphatic rings. The van der Waals surface area contributed by atoms with Gasteiger partial charge in [0.2, 0.25) is 0 Å². The van der Waals surface area contributed by atoms with Crippen molar-refractivity contribution in [3.63, 3.8) is 0 Å². The Bertz CT molecular complexity index is 1480. The zero-order valence-electron chi connectivity index (χ0n) is 27.0. The monoisotopic (exact) mass is 726 g/mol. The average molecular weight is 727 g/mol. The van der Waals surface area contributed by atoms with E-state index in [1.165, 1.54) is 0 Å². The van der Waals surface area contributed by atoms with E-state index in [9.17, 15) is 50.8 Å². The molecule has 0 aromatic heterocycles. The normalized spacial score (nSPS) is 43.0. The largest absolute Gasteiger partial charge is 0.481 e. The molecule has 0 aromatic rings. The van der Waals surface area contributed by atoms with Crippen LogP contribution in [-0.2, 0) is 53.0 Å². The molecule has 48 heavy (non-hydrogen) atoms. The van der Waals surface area contributed by atoms with Crippen molar-refractivity contribution in [3.8, 4) is 0 Å². The van der Waals surface area contributed by atoms with Crippen LogP contribution in [0.3, 0.4) is 0 Å². The van der Waals surface area contributed by atoms with Gasteiger partial charge in [0.25, 0.3) is 0 Å². The van der Waals surface area contributed by atoms with E-state index < -0.39 is 99.0 Å². The molecule has 5 fully saturated rings. The summed E-state index contributed by atoms with van der Waals surface area (Å²) in [5, 5.41) is 32.0. The van der Waals surface area contributed by atoms with Gasteiger partial charge in [-0.05, 0) is 79.6 Å². The van der Waals surface area contributed by atoms with Gasteiger partial charge >= 0.3 is 32.7 Å². The van der Waals surface area contributed by atoms with E-state index in [0.717, 1.165) is 24.8 Å². The Balaban J connectivity index is 1.51. The van der Waals surface area contributed by atoms with E-state index in [1.54, 1.807) is 13.8 Å². The summed E-state index contributed by atoms with van der Waals surface area (Å²) in [5.74, 6) is -3.25. The van der Waals surface area contributed by atoms with Crippen molar-refractivity contribution in [3.05, 3.63) is 12.2 Å². The van der Waals surface area contributed by atoms with Crippen LogP contribution in [0.5, 0.6) is 0 Å². The molecule has 1 aliphatic heterocycles. The van der Waals surface area contributed by atoms with Crippen molar-refractivity contribution in [2.45, 2.75) is 115 Å². The SMILES string of the molecule is C=C1[C@H]2CC[C@H]3[C@]4(C)C[C@@H](O[C@H]5O[C@@H](CO)[C@H](OS(=O)(=O)O)[C@@H](OS(=O)(=O)O)[C@@H]5OC(=O)CC(C)C)C[C@H](C(=O)O)[C@H]4CC[C@]3(C2)[C@@H]1O. The van der Waals surface area contributed by atoms with Gasteiger partial charge in [-0.3, -0.25) is 18.7 Å². The molecule has 1 saturated heterocycles. The maximum absolute atomic E-state index is 12.9. The zero-order chi connectivity index (χ0) is 35.6.